The van der Waals surface area contributed by atoms with Crippen LogP contribution in [0.15, 0.2) is 48.5 Å². The molecule has 0 radical (unpaired) electrons. The zero-order valence-electron chi connectivity index (χ0n) is 28.7. The summed E-state index contributed by atoms with van der Waals surface area (Å²) in [7, 11) is 4.60. The molecular formula is C36H51N3O7. The van der Waals surface area contributed by atoms with Gasteiger partial charge in [0, 0.05) is 27.1 Å². The Labute approximate surface area is 273 Å². The lowest BCUT2D eigenvalue weighted by atomic mass is 9.90. The van der Waals surface area contributed by atoms with E-state index in [0.29, 0.717) is 6.42 Å². The van der Waals surface area contributed by atoms with Gasteiger partial charge in [-0.25, -0.2) is 4.79 Å². The number of nitrogens with zero attached hydrogens (tertiary/aromatic N) is 2. The van der Waals surface area contributed by atoms with Gasteiger partial charge in [0.2, 0.25) is 11.8 Å². The van der Waals surface area contributed by atoms with Gasteiger partial charge in [0.05, 0.1) is 18.6 Å². The molecule has 3 amide bonds. The third-order valence-corrected chi connectivity index (χ3v) is 9.25. The highest BCUT2D eigenvalue weighted by Gasteiger charge is 2.40. The van der Waals surface area contributed by atoms with Crippen LogP contribution < -0.4 is 5.32 Å². The van der Waals surface area contributed by atoms with Crippen molar-refractivity contribution in [3.05, 3.63) is 59.7 Å². The second kappa shape index (κ2) is 16.1. The summed E-state index contributed by atoms with van der Waals surface area (Å²) in [5, 5.41) is 12.4. The number of methoxy groups -OCH3 is 1. The van der Waals surface area contributed by atoms with E-state index in [1.165, 1.54) is 24.0 Å². The summed E-state index contributed by atoms with van der Waals surface area (Å²) in [5.74, 6) is -2.61. The number of carbonyl (C=O) groups is 4. The van der Waals surface area contributed by atoms with Gasteiger partial charge in [-0.3, -0.25) is 19.3 Å². The van der Waals surface area contributed by atoms with Crippen LogP contribution in [0.1, 0.15) is 71.4 Å². The van der Waals surface area contributed by atoms with Crippen LogP contribution in [-0.2, 0) is 23.9 Å². The van der Waals surface area contributed by atoms with Crippen LogP contribution in [0.5, 0.6) is 0 Å². The topological polar surface area (TPSA) is 125 Å². The number of rotatable bonds is 15. The quantitative estimate of drug-likeness (QED) is 0.268. The van der Waals surface area contributed by atoms with E-state index in [9.17, 15) is 24.3 Å². The minimum absolute atomic E-state index is 0.0649. The van der Waals surface area contributed by atoms with Gasteiger partial charge in [-0.05, 0) is 40.0 Å². The summed E-state index contributed by atoms with van der Waals surface area (Å²) in [4.78, 5) is 55.6. The van der Waals surface area contributed by atoms with E-state index in [-0.39, 0.29) is 42.6 Å². The van der Waals surface area contributed by atoms with Crippen molar-refractivity contribution in [2.45, 2.75) is 84.5 Å². The number of fused-ring (bicyclic) bond motifs is 3. The normalized spacial score (nSPS) is 15.7. The molecule has 5 atom stereocenters. The van der Waals surface area contributed by atoms with E-state index in [1.807, 2.05) is 77.9 Å². The number of carbonyl (C=O) groups excluding carboxylic acids is 3. The average Bonchev–Trinajstić information content (AvgIpc) is 3.34. The van der Waals surface area contributed by atoms with Crippen LogP contribution in [0.2, 0.25) is 0 Å². The molecule has 2 aromatic carbocycles. The van der Waals surface area contributed by atoms with E-state index in [0.717, 1.165) is 22.3 Å². The predicted molar refractivity (Wildman–Crippen MR) is 177 cm³/mol. The lowest BCUT2D eigenvalue weighted by Crippen LogP contribution is -2.60. The highest BCUT2D eigenvalue weighted by atomic mass is 16.6. The molecule has 252 valence electrons. The van der Waals surface area contributed by atoms with Crippen molar-refractivity contribution < 1.29 is 33.8 Å². The summed E-state index contributed by atoms with van der Waals surface area (Å²) < 4.78 is 11.4. The van der Waals surface area contributed by atoms with Crippen LogP contribution >= 0.6 is 0 Å². The van der Waals surface area contributed by atoms with Crippen molar-refractivity contribution in [1.82, 2.24) is 15.1 Å². The second-order valence-electron chi connectivity index (χ2n) is 13.0. The molecule has 0 aromatic heterocycles. The fraction of sp³-hybridized carbons (Fsp3) is 0.556. The molecule has 0 bridgehead atoms. The molecule has 1 unspecified atom stereocenters. The fourth-order valence-corrected chi connectivity index (χ4v) is 6.61. The molecular weight excluding hydrogens is 586 g/mol. The van der Waals surface area contributed by atoms with E-state index in [1.54, 1.807) is 7.05 Å². The molecule has 10 heteroatoms. The van der Waals surface area contributed by atoms with Crippen molar-refractivity contribution >= 4 is 23.9 Å². The van der Waals surface area contributed by atoms with Crippen molar-refractivity contribution in [2.24, 2.45) is 17.8 Å². The van der Waals surface area contributed by atoms with Crippen LogP contribution in [0.25, 0.3) is 11.1 Å². The van der Waals surface area contributed by atoms with E-state index in [2.05, 4.69) is 17.4 Å². The van der Waals surface area contributed by atoms with Gasteiger partial charge in [-0.1, -0.05) is 96.5 Å². The maximum absolute atomic E-state index is 13.9. The number of amides is 3. The molecule has 0 aliphatic heterocycles. The van der Waals surface area contributed by atoms with Crippen molar-refractivity contribution in [3.63, 3.8) is 0 Å². The third-order valence-electron chi connectivity index (χ3n) is 9.25. The van der Waals surface area contributed by atoms with Crippen LogP contribution in [0, 0.1) is 17.8 Å². The fourth-order valence-electron chi connectivity index (χ4n) is 6.61. The molecule has 3 rings (SSSR count). The Morgan fingerprint density at radius 2 is 1.41 bits per heavy atom. The number of likely N-dealkylation sites (N-methyl/N-ethyl adjacent to an activating group) is 2. The molecule has 0 heterocycles. The van der Waals surface area contributed by atoms with Gasteiger partial charge < -0.3 is 24.8 Å². The lowest BCUT2D eigenvalue weighted by molar-refractivity contribution is -0.148. The minimum Gasteiger partial charge on any atom is -0.481 e. The summed E-state index contributed by atoms with van der Waals surface area (Å²) >= 11 is 0. The minimum atomic E-state index is -1.02. The van der Waals surface area contributed by atoms with Crippen LogP contribution in [0.4, 0.5) is 4.79 Å². The Bertz CT molecular complexity index is 1330. The Kier molecular flexibility index (Phi) is 12.8. The first kappa shape index (κ1) is 36.5. The number of ether oxygens (including phenoxy) is 2. The zero-order chi connectivity index (χ0) is 34.3. The van der Waals surface area contributed by atoms with Crippen molar-refractivity contribution in [1.29, 1.82) is 0 Å². The summed E-state index contributed by atoms with van der Waals surface area (Å²) in [5.41, 5.74) is 4.43. The molecule has 2 aromatic rings. The number of hydrogen-bond donors (Lipinski definition) is 2. The Balaban J connectivity index is 1.76. The SMILES string of the molecule is CC[C@H](C)[C@@H]([C@@H](CC(=O)O)OC)N(C)C(=O)C(NC(=O)[C@H](C(C)C)N(C)C(=O)OCC1c2ccccc2-c2ccccc21)C(C)C. The Hall–Kier alpha value is -3.92. The van der Waals surface area contributed by atoms with Gasteiger partial charge in [0.1, 0.15) is 18.7 Å². The number of carboxylic acid groups (broad SMARTS) is 1. The molecule has 46 heavy (non-hydrogen) atoms. The van der Waals surface area contributed by atoms with Crippen LogP contribution in [-0.4, -0.2) is 90.8 Å². The first-order chi connectivity index (χ1) is 21.7. The zero-order valence-corrected chi connectivity index (χ0v) is 28.7. The van der Waals surface area contributed by atoms with Gasteiger partial charge in [0.25, 0.3) is 0 Å². The average molecular weight is 638 g/mol. The molecule has 0 spiro atoms. The first-order valence-corrected chi connectivity index (χ1v) is 16.1. The van der Waals surface area contributed by atoms with Gasteiger partial charge >= 0.3 is 12.1 Å². The third kappa shape index (κ3) is 8.07. The molecule has 0 saturated carbocycles. The van der Waals surface area contributed by atoms with E-state index >= 15 is 0 Å². The molecule has 1 aliphatic rings. The molecule has 0 fully saturated rings. The number of hydrogen-bond acceptors (Lipinski definition) is 6. The highest BCUT2D eigenvalue weighted by Crippen LogP contribution is 2.44. The number of carboxylic acids is 1. The molecule has 0 saturated heterocycles. The summed E-state index contributed by atoms with van der Waals surface area (Å²) in [6.45, 7) is 11.4. The van der Waals surface area contributed by atoms with Crippen LogP contribution in [0.3, 0.4) is 0 Å². The maximum atomic E-state index is 13.9. The first-order valence-electron chi connectivity index (χ1n) is 16.1. The Morgan fingerprint density at radius 1 is 0.870 bits per heavy atom. The largest absolute Gasteiger partial charge is 0.481 e. The standard InChI is InChI=1S/C36H51N3O7/c1-10-23(6)33(29(45-9)19-30(40)41)38(7)35(43)31(21(2)3)37-34(42)32(22(4)5)39(8)36(44)46-20-28-26-17-13-11-15-24(26)25-16-12-14-18-27(25)28/h11-18,21-23,28-29,31-33H,10,19-20H2,1-9H3,(H,37,42)(H,40,41)/t23-,29+,31?,32-,33-/m0/s1. The van der Waals surface area contributed by atoms with Gasteiger partial charge in [0.15, 0.2) is 0 Å². The number of nitrogens with one attached hydrogen (secondary N) is 1. The van der Waals surface area contributed by atoms with Gasteiger partial charge in [-0.2, -0.15) is 0 Å². The Morgan fingerprint density at radius 3 is 1.87 bits per heavy atom. The smallest absolute Gasteiger partial charge is 0.410 e. The second-order valence-corrected chi connectivity index (χ2v) is 13.0. The van der Waals surface area contributed by atoms with E-state index in [4.69, 9.17) is 9.47 Å². The lowest BCUT2D eigenvalue weighted by Gasteiger charge is -2.40. The molecule has 1 aliphatic carbocycles. The summed E-state index contributed by atoms with van der Waals surface area (Å²) in [6, 6.07) is 13.8. The highest BCUT2D eigenvalue weighted by molar-refractivity contribution is 5.91. The number of benzene rings is 2. The molecule has 10 nitrogen and oxygen atoms in total. The van der Waals surface area contributed by atoms with E-state index < -0.39 is 42.2 Å². The predicted octanol–water partition coefficient (Wildman–Crippen LogP) is 5.40. The van der Waals surface area contributed by atoms with Gasteiger partial charge in [-0.15, -0.1) is 0 Å². The monoisotopic (exact) mass is 637 g/mol. The number of aliphatic carboxylic acids is 1. The summed E-state index contributed by atoms with van der Waals surface area (Å²) in [6.07, 6.45) is -0.926. The maximum Gasteiger partial charge on any atom is 0.410 e. The van der Waals surface area contributed by atoms with Crippen molar-refractivity contribution in [2.75, 3.05) is 27.8 Å². The van der Waals surface area contributed by atoms with Crippen molar-refractivity contribution in [3.8, 4) is 11.1 Å². The molecule has 2 N–H and O–H groups in total.